The van der Waals surface area contributed by atoms with E-state index in [1.807, 2.05) is 32.9 Å². The Morgan fingerprint density at radius 2 is 1.36 bits per heavy atom. The molecule has 0 aromatic carbocycles. The maximum absolute atomic E-state index is 12.1. The molecule has 0 aliphatic heterocycles. The number of hydrogen-bond donors (Lipinski definition) is 0. The minimum absolute atomic E-state index is 0.175. The predicted octanol–water partition coefficient (Wildman–Crippen LogP) is 7.33. The number of thioether (sulfide) groups is 1. The zero-order valence-corrected chi connectivity index (χ0v) is 23.9. The van der Waals surface area contributed by atoms with Gasteiger partial charge in [0, 0.05) is 5.25 Å². The molecule has 3 unspecified atom stereocenters. The molecule has 0 saturated heterocycles. The van der Waals surface area contributed by atoms with Crippen LogP contribution in [0.25, 0.3) is 0 Å². The van der Waals surface area contributed by atoms with Crippen molar-refractivity contribution in [2.45, 2.75) is 127 Å². The molecule has 33 heavy (non-hydrogen) atoms. The van der Waals surface area contributed by atoms with Crippen molar-refractivity contribution in [1.82, 2.24) is 0 Å². The van der Waals surface area contributed by atoms with Gasteiger partial charge in [0.05, 0.1) is 27.2 Å². The third-order valence-corrected chi connectivity index (χ3v) is 8.96. The highest BCUT2D eigenvalue weighted by molar-refractivity contribution is 7.99. The summed E-state index contributed by atoms with van der Waals surface area (Å²) in [6, 6.07) is 0. The lowest BCUT2D eigenvalue weighted by Crippen LogP contribution is -2.37. The van der Waals surface area contributed by atoms with Gasteiger partial charge in [-0.05, 0) is 31.4 Å². The van der Waals surface area contributed by atoms with Crippen molar-refractivity contribution in [3.05, 3.63) is 0 Å². The van der Waals surface area contributed by atoms with Gasteiger partial charge in [0.25, 0.3) is 7.82 Å². The summed E-state index contributed by atoms with van der Waals surface area (Å²) in [7, 11) is 1.85. The zero-order chi connectivity index (χ0) is 24.4. The normalized spacial score (nSPS) is 20.9. The number of quaternary nitrogens is 1. The lowest BCUT2D eigenvalue weighted by atomic mass is 10.0. The monoisotopic (exact) mass is 507 g/mol. The highest BCUT2D eigenvalue weighted by atomic mass is 32.2. The first-order valence-electron chi connectivity index (χ1n) is 13.8. The molecule has 0 bridgehead atoms. The summed E-state index contributed by atoms with van der Waals surface area (Å²) in [6.45, 7) is 3.09. The minimum Gasteiger partial charge on any atom is -0.756 e. The van der Waals surface area contributed by atoms with Crippen LogP contribution in [0.1, 0.15) is 116 Å². The van der Waals surface area contributed by atoms with Crippen molar-refractivity contribution in [1.29, 1.82) is 0 Å². The quantitative estimate of drug-likeness (QED) is 0.0872. The largest absolute Gasteiger partial charge is 0.756 e. The molecule has 7 heteroatoms. The van der Waals surface area contributed by atoms with Crippen LogP contribution in [0.4, 0.5) is 0 Å². The molecule has 0 radical (unpaired) electrons. The van der Waals surface area contributed by atoms with E-state index < -0.39 is 7.82 Å². The zero-order valence-electron chi connectivity index (χ0n) is 22.2. The Balaban J connectivity index is 1.91. The molecule has 0 aromatic rings. The Morgan fingerprint density at radius 1 is 0.848 bits per heavy atom. The van der Waals surface area contributed by atoms with Crippen LogP contribution in [-0.4, -0.2) is 55.9 Å². The summed E-state index contributed by atoms with van der Waals surface area (Å²) in [5.41, 5.74) is 0. The third-order valence-electron chi connectivity index (χ3n) is 6.48. The summed E-state index contributed by atoms with van der Waals surface area (Å²) in [5.74, 6) is 1.18. The summed E-state index contributed by atoms with van der Waals surface area (Å²) in [5, 5.41) is 0.531. The van der Waals surface area contributed by atoms with Crippen LogP contribution in [0.15, 0.2) is 0 Å². The van der Waals surface area contributed by atoms with Crippen molar-refractivity contribution >= 4 is 19.6 Å². The van der Waals surface area contributed by atoms with Crippen molar-refractivity contribution in [3.63, 3.8) is 0 Å². The Hall–Kier alpha value is 0.420. The van der Waals surface area contributed by atoms with Crippen molar-refractivity contribution in [3.8, 4) is 0 Å². The van der Waals surface area contributed by atoms with Crippen molar-refractivity contribution < 1.29 is 23.0 Å². The molecular formula is C26H54NO4PS. The van der Waals surface area contributed by atoms with Gasteiger partial charge in [-0.2, -0.15) is 11.8 Å². The van der Waals surface area contributed by atoms with Crippen LogP contribution in [0.2, 0.25) is 0 Å². The Bertz CT molecular complexity index is 515. The van der Waals surface area contributed by atoms with Crippen molar-refractivity contribution in [2.75, 3.05) is 40.0 Å². The molecule has 0 spiro atoms. The molecule has 0 aromatic heterocycles. The smallest absolute Gasteiger partial charge is 0.268 e. The van der Waals surface area contributed by atoms with Gasteiger partial charge < -0.3 is 18.4 Å². The van der Waals surface area contributed by atoms with Crippen LogP contribution < -0.4 is 4.89 Å². The van der Waals surface area contributed by atoms with Crippen LogP contribution in [0.5, 0.6) is 0 Å². The topological polar surface area (TPSA) is 58.6 Å². The Morgan fingerprint density at radius 3 is 1.88 bits per heavy atom. The number of hydrogen-bond acceptors (Lipinski definition) is 5. The molecule has 1 saturated carbocycles. The molecule has 3 atom stereocenters. The number of nitrogens with zero attached hydrogens (tertiary/aromatic N) is 1. The average Bonchev–Trinajstić information content (AvgIpc) is 3.16. The molecule has 0 N–H and O–H groups in total. The van der Waals surface area contributed by atoms with Crippen LogP contribution in [0.3, 0.4) is 0 Å². The van der Waals surface area contributed by atoms with Gasteiger partial charge in [-0.25, -0.2) is 0 Å². The number of rotatable bonds is 22. The SMILES string of the molecule is CCCCCCCCCCCCCCCCSC1CCC(OP(=O)([O-])OCC[N+](C)(C)C)C1. The first-order chi connectivity index (χ1) is 15.7. The van der Waals surface area contributed by atoms with E-state index in [-0.39, 0.29) is 12.7 Å². The van der Waals surface area contributed by atoms with Crippen LogP contribution in [-0.2, 0) is 13.6 Å². The molecular weight excluding hydrogens is 453 g/mol. The Kier molecular flexibility index (Phi) is 17.8. The highest BCUT2D eigenvalue weighted by Crippen LogP contribution is 2.44. The van der Waals surface area contributed by atoms with Gasteiger partial charge in [0.15, 0.2) is 0 Å². The predicted molar refractivity (Wildman–Crippen MR) is 142 cm³/mol. The van der Waals surface area contributed by atoms with E-state index in [0.29, 0.717) is 16.3 Å². The van der Waals surface area contributed by atoms with E-state index in [1.165, 1.54) is 95.6 Å². The number of phosphoric ester groups is 1. The summed E-state index contributed by atoms with van der Waals surface area (Å²) in [6.07, 6.45) is 22.0. The summed E-state index contributed by atoms with van der Waals surface area (Å²) in [4.78, 5) is 12.1. The van der Waals surface area contributed by atoms with Gasteiger partial charge in [0.2, 0.25) is 0 Å². The van der Waals surface area contributed by atoms with Gasteiger partial charge in [-0.15, -0.1) is 0 Å². The fourth-order valence-corrected chi connectivity index (χ4v) is 6.61. The third kappa shape index (κ3) is 19.3. The standard InChI is InChI=1S/C26H54NO4PS/c1-5-6-7-8-9-10-11-12-13-14-15-16-17-18-23-33-26-20-19-25(24-26)31-32(28,29)30-22-21-27(2,3)4/h25-26H,5-24H2,1-4H3. The fourth-order valence-electron chi connectivity index (χ4n) is 4.33. The molecule has 198 valence electrons. The number of likely N-dealkylation sites (N-methyl/N-ethyl adjacent to an activating group) is 1. The van der Waals surface area contributed by atoms with E-state index in [2.05, 4.69) is 6.92 Å². The average molecular weight is 508 g/mol. The molecule has 0 heterocycles. The van der Waals surface area contributed by atoms with Gasteiger partial charge in [0.1, 0.15) is 13.2 Å². The van der Waals surface area contributed by atoms with E-state index in [1.54, 1.807) is 0 Å². The maximum Gasteiger partial charge on any atom is 0.268 e. The van der Waals surface area contributed by atoms with Crippen LogP contribution in [0, 0.1) is 0 Å². The van der Waals surface area contributed by atoms with Gasteiger partial charge in [-0.3, -0.25) is 4.57 Å². The van der Waals surface area contributed by atoms with Crippen molar-refractivity contribution in [2.24, 2.45) is 0 Å². The van der Waals surface area contributed by atoms with E-state index in [0.717, 1.165) is 19.3 Å². The lowest BCUT2D eigenvalue weighted by molar-refractivity contribution is -0.870. The van der Waals surface area contributed by atoms with E-state index >= 15 is 0 Å². The lowest BCUT2D eigenvalue weighted by Gasteiger charge is -2.29. The maximum atomic E-state index is 12.1. The van der Waals surface area contributed by atoms with Gasteiger partial charge in [-0.1, -0.05) is 90.4 Å². The summed E-state index contributed by atoms with van der Waals surface area (Å²) < 4.78 is 23.1. The second kappa shape index (κ2) is 18.7. The van der Waals surface area contributed by atoms with Gasteiger partial charge >= 0.3 is 0 Å². The first-order valence-corrected chi connectivity index (χ1v) is 16.3. The molecule has 1 fully saturated rings. The van der Waals surface area contributed by atoms with E-state index in [4.69, 9.17) is 9.05 Å². The minimum atomic E-state index is -4.19. The molecule has 5 nitrogen and oxygen atoms in total. The molecule has 1 aliphatic carbocycles. The molecule has 0 amide bonds. The molecule has 1 rings (SSSR count). The highest BCUT2D eigenvalue weighted by Gasteiger charge is 2.29. The molecule has 1 aliphatic rings. The summed E-state index contributed by atoms with van der Waals surface area (Å²) >= 11 is 2.00. The fraction of sp³-hybridized carbons (Fsp3) is 1.00. The number of phosphoric acid groups is 1. The second-order valence-electron chi connectivity index (χ2n) is 10.9. The first kappa shape index (κ1) is 31.4. The second-order valence-corrected chi connectivity index (χ2v) is 13.7. The van der Waals surface area contributed by atoms with Crippen LogP contribution >= 0.6 is 19.6 Å². The van der Waals surface area contributed by atoms with E-state index in [9.17, 15) is 9.46 Å². The Labute approximate surface area is 210 Å². The number of unbranched alkanes of at least 4 members (excludes halogenated alkanes) is 13.